The number of nitrogen functional groups attached to an aromatic ring is 1. The zero-order valence-corrected chi connectivity index (χ0v) is 15.4. The Morgan fingerprint density at radius 1 is 1.36 bits per heavy atom. The van der Waals surface area contributed by atoms with Gasteiger partial charge in [-0.1, -0.05) is 40.0 Å². The fraction of sp³-hybridized carbons (Fsp3) is 0.421. The highest BCUT2D eigenvalue weighted by Gasteiger charge is 2.21. The van der Waals surface area contributed by atoms with Crippen molar-refractivity contribution in [1.29, 1.82) is 0 Å². The lowest BCUT2D eigenvalue weighted by atomic mass is 9.99. The molecule has 1 aromatic rings. The van der Waals surface area contributed by atoms with E-state index >= 15 is 0 Å². The third kappa shape index (κ3) is 7.65. The molecule has 0 bridgehead atoms. The minimum absolute atomic E-state index is 0.00913. The van der Waals surface area contributed by atoms with E-state index in [0.717, 1.165) is 5.56 Å². The monoisotopic (exact) mass is 348 g/mol. The molecule has 6 nitrogen and oxygen atoms in total. The van der Waals surface area contributed by atoms with Crippen molar-refractivity contribution in [2.45, 2.75) is 40.2 Å². The Kier molecular flexibility index (Phi) is 6.91. The van der Waals surface area contributed by atoms with Gasteiger partial charge in [0.2, 0.25) is 0 Å². The highest BCUT2D eigenvalue weighted by atomic mass is 16.5. The van der Waals surface area contributed by atoms with E-state index in [1.807, 2.05) is 20.8 Å². The number of nitrogens with two attached hydrogens (primary N) is 1. The van der Waals surface area contributed by atoms with E-state index in [9.17, 15) is 9.90 Å². The molecular formula is C19H28N2O4. The first-order valence-corrected chi connectivity index (χ1v) is 8.01. The van der Waals surface area contributed by atoms with Gasteiger partial charge in [0.05, 0.1) is 24.1 Å². The summed E-state index contributed by atoms with van der Waals surface area (Å²) >= 11 is 0. The van der Waals surface area contributed by atoms with Crippen molar-refractivity contribution in [2.75, 3.05) is 12.3 Å². The number of phenolic OH excluding ortho intramolecular Hbond substituents is 1. The number of carbonyl (C=O) groups is 1. The van der Waals surface area contributed by atoms with Gasteiger partial charge in [-0.05, 0) is 30.0 Å². The quantitative estimate of drug-likeness (QED) is 0.397. The molecule has 0 aliphatic heterocycles. The fourth-order valence-electron chi connectivity index (χ4n) is 1.97. The molecule has 25 heavy (non-hydrogen) atoms. The number of aromatic hydroxyl groups is 1. The van der Waals surface area contributed by atoms with Crippen molar-refractivity contribution < 1.29 is 19.4 Å². The molecule has 0 heterocycles. The summed E-state index contributed by atoms with van der Waals surface area (Å²) in [5.74, 6) is 0.812. The van der Waals surface area contributed by atoms with E-state index in [0.29, 0.717) is 17.9 Å². The van der Waals surface area contributed by atoms with Crippen LogP contribution in [-0.2, 0) is 15.9 Å². The number of allylic oxidation sites excluding steroid dienone is 1. The van der Waals surface area contributed by atoms with Crippen LogP contribution in [0, 0.1) is 5.41 Å². The van der Waals surface area contributed by atoms with Crippen molar-refractivity contribution >= 4 is 11.8 Å². The average Bonchev–Trinajstić information content (AvgIpc) is 2.47. The molecule has 1 rings (SSSR count). The van der Waals surface area contributed by atoms with Gasteiger partial charge in [0.1, 0.15) is 11.5 Å². The Balaban J connectivity index is 2.85. The van der Waals surface area contributed by atoms with Crippen molar-refractivity contribution in [3.8, 4) is 5.75 Å². The molecule has 6 heteroatoms. The molecule has 1 amide bonds. The number of benzene rings is 1. The van der Waals surface area contributed by atoms with Crippen LogP contribution in [0.1, 0.15) is 33.3 Å². The molecule has 1 aromatic carbocycles. The second-order valence-corrected chi connectivity index (χ2v) is 7.20. The van der Waals surface area contributed by atoms with Crippen LogP contribution < -0.4 is 11.1 Å². The van der Waals surface area contributed by atoms with Crippen LogP contribution in [0.4, 0.5) is 10.5 Å². The number of ether oxygens (including phenoxy) is 2. The van der Waals surface area contributed by atoms with Gasteiger partial charge in [-0.3, -0.25) is 0 Å². The standard InChI is InChI=1S/C19H28N2O4/c1-12(2)25-13(3)16(21-18(23)24-11-19(4,5)6)10-14-7-8-17(22)15(20)9-14/h7-9,16,22H,1,3,10-11,20H2,2,4-6H3,(H,21,23)/t16-/m0/s1. The van der Waals surface area contributed by atoms with Crippen LogP contribution in [0.25, 0.3) is 0 Å². The number of rotatable bonds is 7. The van der Waals surface area contributed by atoms with Gasteiger partial charge in [-0.2, -0.15) is 0 Å². The normalized spacial score (nSPS) is 12.2. The molecule has 0 spiro atoms. The van der Waals surface area contributed by atoms with Gasteiger partial charge in [0, 0.05) is 6.42 Å². The fourth-order valence-corrected chi connectivity index (χ4v) is 1.97. The zero-order valence-electron chi connectivity index (χ0n) is 15.4. The van der Waals surface area contributed by atoms with Crippen molar-refractivity contribution in [3.63, 3.8) is 0 Å². The first kappa shape index (κ1) is 20.4. The van der Waals surface area contributed by atoms with Crippen LogP contribution in [0.3, 0.4) is 0 Å². The molecule has 138 valence electrons. The maximum Gasteiger partial charge on any atom is 0.407 e. The minimum atomic E-state index is -0.557. The van der Waals surface area contributed by atoms with E-state index < -0.39 is 12.1 Å². The van der Waals surface area contributed by atoms with Gasteiger partial charge >= 0.3 is 6.09 Å². The largest absolute Gasteiger partial charge is 0.506 e. The number of alkyl carbamates (subject to hydrolysis) is 1. The average molecular weight is 348 g/mol. The Labute approximate surface area is 149 Å². The predicted octanol–water partition coefficient (Wildman–Crippen LogP) is 3.72. The summed E-state index contributed by atoms with van der Waals surface area (Å²) in [6.07, 6.45) is -0.181. The molecule has 0 aromatic heterocycles. The maximum absolute atomic E-state index is 12.1. The summed E-state index contributed by atoms with van der Waals surface area (Å²) in [5, 5.41) is 12.3. The summed E-state index contributed by atoms with van der Waals surface area (Å²) in [4.78, 5) is 12.1. The third-order valence-electron chi connectivity index (χ3n) is 3.15. The van der Waals surface area contributed by atoms with Crippen molar-refractivity contribution in [2.24, 2.45) is 5.41 Å². The van der Waals surface area contributed by atoms with Crippen molar-refractivity contribution in [3.05, 3.63) is 48.4 Å². The second kappa shape index (κ2) is 8.46. The van der Waals surface area contributed by atoms with E-state index in [-0.39, 0.29) is 23.5 Å². The first-order chi connectivity index (χ1) is 11.5. The second-order valence-electron chi connectivity index (χ2n) is 7.20. The maximum atomic E-state index is 12.1. The lowest BCUT2D eigenvalue weighted by Gasteiger charge is -2.23. The Morgan fingerprint density at radius 2 is 2.00 bits per heavy atom. The Bertz CT molecular complexity index is 647. The summed E-state index contributed by atoms with van der Waals surface area (Å²) in [7, 11) is 0. The van der Waals surface area contributed by atoms with Gasteiger partial charge in [-0.15, -0.1) is 0 Å². The first-order valence-electron chi connectivity index (χ1n) is 8.01. The number of hydrogen-bond acceptors (Lipinski definition) is 5. The summed E-state index contributed by atoms with van der Waals surface area (Å²) in [5.41, 5.74) is 6.65. The van der Waals surface area contributed by atoms with Gasteiger partial charge < -0.3 is 25.6 Å². The molecule has 0 aliphatic rings. The van der Waals surface area contributed by atoms with Crippen LogP contribution in [0.2, 0.25) is 0 Å². The minimum Gasteiger partial charge on any atom is -0.506 e. The molecule has 1 atom stereocenters. The number of nitrogens with one attached hydrogen (secondary N) is 1. The predicted molar refractivity (Wildman–Crippen MR) is 99.0 cm³/mol. The molecular weight excluding hydrogens is 320 g/mol. The van der Waals surface area contributed by atoms with Crippen LogP contribution in [0.5, 0.6) is 5.75 Å². The van der Waals surface area contributed by atoms with Gasteiger partial charge in [0.25, 0.3) is 0 Å². The summed E-state index contributed by atoms with van der Waals surface area (Å²) < 4.78 is 10.7. The van der Waals surface area contributed by atoms with Gasteiger partial charge in [0.15, 0.2) is 0 Å². The zero-order chi connectivity index (χ0) is 19.2. The Hall–Kier alpha value is -2.63. The molecule has 0 radical (unpaired) electrons. The number of hydrogen-bond donors (Lipinski definition) is 3. The number of carbonyl (C=O) groups excluding carboxylic acids is 1. The molecule has 0 saturated heterocycles. The van der Waals surface area contributed by atoms with Crippen LogP contribution in [-0.4, -0.2) is 23.8 Å². The van der Waals surface area contributed by atoms with Crippen molar-refractivity contribution in [1.82, 2.24) is 5.32 Å². The van der Waals surface area contributed by atoms with E-state index in [2.05, 4.69) is 18.5 Å². The van der Waals surface area contributed by atoms with Crippen LogP contribution in [0.15, 0.2) is 42.9 Å². The lowest BCUT2D eigenvalue weighted by molar-refractivity contribution is 0.102. The van der Waals surface area contributed by atoms with Gasteiger partial charge in [-0.25, -0.2) is 4.79 Å². The molecule has 0 unspecified atom stereocenters. The molecule has 0 aliphatic carbocycles. The van der Waals surface area contributed by atoms with E-state index in [1.54, 1.807) is 19.1 Å². The number of anilines is 1. The highest BCUT2D eigenvalue weighted by Crippen LogP contribution is 2.22. The highest BCUT2D eigenvalue weighted by molar-refractivity contribution is 5.68. The molecule has 0 saturated carbocycles. The summed E-state index contributed by atoms with van der Waals surface area (Å²) in [6.45, 7) is 15.4. The van der Waals surface area contributed by atoms with E-state index in [4.69, 9.17) is 15.2 Å². The Morgan fingerprint density at radius 3 is 2.52 bits per heavy atom. The number of amides is 1. The van der Waals surface area contributed by atoms with Crippen LogP contribution >= 0.6 is 0 Å². The topological polar surface area (TPSA) is 93.8 Å². The smallest absolute Gasteiger partial charge is 0.407 e. The SMILES string of the molecule is C=C(C)OC(=C)[C@H](Cc1ccc(O)c(N)c1)NC(=O)OCC(C)(C)C. The molecule has 0 fully saturated rings. The third-order valence-corrected chi connectivity index (χ3v) is 3.15. The number of phenols is 1. The summed E-state index contributed by atoms with van der Waals surface area (Å²) in [6, 6.07) is 4.32. The lowest BCUT2D eigenvalue weighted by Crippen LogP contribution is -2.39. The van der Waals surface area contributed by atoms with E-state index in [1.165, 1.54) is 6.07 Å². The molecule has 4 N–H and O–H groups in total.